The molecule has 0 bridgehead atoms. The summed E-state index contributed by atoms with van der Waals surface area (Å²) in [6, 6.07) is 8.52. The molecule has 0 aliphatic carbocycles. The zero-order chi connectivity index (χ0) is 28.3. The van der Waals surface area contributed by atoms with Crippen molar-refractivity contribution in [2.45, 2.75) is 25.9 Å². The maximum Gasteiger partial charge on any atom is 0.401 e. The van der Waals surface area contributed by atoms with Gasteiger partial charge in [-0.25, -0.2) is 14.4 Å². The van der Waals surface area contributed by atoms with Crippen molar-refractivity contribution in [3.63, 3.8) is 0 Å². The second-order valence-corrected chi connectivity index (χ2v) is 9.72. The number of alkyl halides is 3. The predicted molar refractivity (Wildman–Crippen MR) is 143 cm³/mol. The number of rotatable bonds is 10. The smallest absolute Gasteiger partial charge is 0.401 e. The summed E-state index contributed by atoms with van der Waals surface area (Å²) in [5, 5.41) is 0.982. The summed E-state index contributed by atoms with van der Waals surface area (Å²) in [4.78, 5) is 15.3. The van der Waals surface area contributed by atoms with Gasteiger partial charge in [-0.15, -0.1) is 0 Å². The molecule has 0 atom stereocenters. The third-order valence-corrected chi connectivity index (χ3v) is 6.97. The minimum absolute atomic E-state index is 0.0488. The van der Waals surface area contributed by atoms with Crippen molar-refractivity contribution in [3.8, 4) is 23.1 Å². The Kier molecular flexibility index (Phi) is 8.27. The Bertz CT molecular complexity index is 1470. The number of hydrogen-bond acceptors (Lipinski definition) is 7. The van der Waals surface area contributed by atoms with Gasteiger partial charge in [0.1, 0.15) is 6.33 Å². The van der Waals surface area contributed by atoms with Crippen LogP contribution >= 0.6 is 0 Å². The van der Waals surface area contributed by atoms with E-state index in [1.54, 1.807) is 30.3 Å². The van der Waals surface area contributed by atoms with Crippen LogP contribution in [0, 0.1) is 5.82 Å². The van der Waals surface area contributed by atoms with Gasteiger partial charge in [-0.2, -0.15) is 13.2 Å². The van der Waals surface area contributed by atoms with Crippen LogP contribution in [0.5, 0.6) is 23.1 Å². The number of aryl methyl sites for hydroxylation is 1. The standard InChI is InChI=1S/C28H31F4N5O3/c1-3-18-13-19-21(35-18)5-6-23(26(19)29)40-27-20-14-24(38-2)25(15-22(20)33-17-34-27)39-12-4-7-36-8-10-37(11-9-36)16-28(30,31)32/h5-6,13-15,17,35H,3-4,7-12,16H2,1-2H3. The number of H-pyrrole nitrogens is 1. The minimum Gasteiger partial charge on any atom is -0.493 e. The van der Waals surface area contributed by atoms with Gasteiger partial charge in [0.2, 0.25) is 5.88 Å². The van der Waals surface area contributed by atoms with Gasteiger partial charge < -0.3 is 24.1 Å². The summed E-state index contributed by atoms with van der Waals surface area (Å²) in [5.74, 6) is 0.689. The van der Waals surface area contributed by atoms with E-state index < -0.39 is 18.5 Å². The normalized spacial score (nSPS) is 15.2. The first kappa shape index (κ1) is 27.9. The Morgan fingerprint density at radius 3 is 2.45 bits per heavy atom. The Labute approximate surface area is 228 Å². The highest BCUT2D eigenvalue weighted by atomic mass is 19.4. The largest absolute Gasteiger partial charge is 0.493 e. The van der Waals surface area contributed by atoms with Crippen molar-refractivity contribution in [1.29, 1.82) is 0 Å². The summed E-state index contributed by atoms with van der Waals surface area (Å²) in [6.07, 6.45) is -1.38. The third kappa shape index (κ3) is 6.39. The van der Waals surface area contributed by atoms with Crippen LogP contribution < -0.4 is 14.2 Å². The Morgan fingerprint density at radius 1 is 0.950 bits per heavy atom. The molecule has 40 heavy (non-hydrogen) atoms. The highest BCUT2D eigenvalue weighted by molar-refractivity contribution is 5.87. The quantitative estimate of drug-likeness (QED) is 0.201. The van der Waals surface area contributed by atoms with E-state index in [1.165, 1.54) is 18.3 Å². The molecule has 4 aromatic rings. The number of nitrogens with one attached hydrogen (secondary N) is 1. The molecule has 1 fully saturated rings. The molecule has 214 valence electrons. The number of methoxy groups -OCH3 is 1. The van der Waals surface area contributed by atoms with Crippen molar-refractivity contribution in [3.05, 3.63) is 48.2 Å². The lowest BCUT2D eigenvalue weighted by Crippen LogP contribution is -2.49. The van der Waals surface area contributed by atoms with E-state index >= 15 is 4.39 Å². The topological polar surface area (TPSA) is 75.7 Å². The van der Waals surface area contributed by atoms with Crippen LogP contribution in [-0.2, 0) is 6.42 Å². The number of piperazine rings is 1. The molecule has 1 aliphatic heterocycles. The fourth-order valence-corrected chi connectivity index (χ4v) is 4.87. The second kappa shape index (κ2) is 11.8. The Hall–Kier alpha value is -3.64. The molecule has 0 spiro atoms. The fourth-order valence-electron chi connectivity index (χ4n) is 4.87. The number of nitrogens with zero attached hydrogens (tertiary/aromatic N) is 4. The molecule has 0 radical (unpaired) electrons. The first-order valence-corrected chi connectivity index (χ1v) is 13.2. The van der Waals surface area contributed by atoms with Crippen LogP contribution in [0.3, 0.4) is 0 Å². The van der Waals surface area contributed by atoms with Crippen molar-refractivity contribution in [1.82, 2.24) is 24.8 Å². The van der Waals surface area contributed by atoms with Gasteiger partial charge in [-0.05, 0) is 37.1 Å². The molecule has 5 rings (SSSR count). The van der Waals surface area contributed by atoms with Gasteiger partial charge >= 0.3 is 6.18 Å². The van der Waals surface area contributed by atoms with Crippen LogP contribution in [0.1, 0.15) is 19.0 Å². The van der Waals surface area contributed by atoms with Crippen LogP contribution in [0.25, 0.3) is 21.8 Å². The Morgan fingerprint density at radius 2 is 1.73 bits per heavy atom. The molecule has 0 unspecified atom stereocenters. The van der Waals surface area contributed by atoms with E-state index in [2.05, 4.69) is 19.9 Å². The highest BCUT2D eigenvalue weighted by Gasteiger charge is 2.32. The van der Waals surface area contributed by atoms with Crippen molar-refractivity contribution < 1.29 is 31.8 Å². The summed E-state index contributed by atoms with van der Waals surface area (Å²) in [7, 11) is 1.52. The summed E-state index contributed by atoms with van der Waals surface area (Å²) in [5.41, 5.74) is 2.17. The number of fused-ring (bicyclic) bond motifs is 2. The van der Waals surface area contributed by atoms with E-state index in [9.17, 15) is 13.2 Å². The van der Waals surface area contributed by atoms with Crippen molar-refractivity contribution in [2.75, 3.05) is 53.0 Å². The maximum absolute atomic E-state index is 15.2. The first-order valence-electron chi connectivity index (χ1n) is 13.2. The maximum atomic E-state index is 15.2. The van der Waals surface area contributed by atoms with Crippen molar-refractivity contribution in [2.24, 2.45) is 0 Å². The van der Waals surface area contributed by atoms with Gasteiger partial charge in [0.15, 0.2) is 23.1 Å². The molecule has 1 N–H and O–H groups in total. The number of ether oxygens (including phenoxy) is 3. The molecule has 1 saturated heterocycles. The summed E-state index contributed by atoms with van der Waals surface area (Å²) < 4.78 is 70.4. The SMILES string of the molecule is CCc1cc2c(F)c(Oc3ncnc4cc(OCCCN5CCN(CC(F)(F)F)CC5)c(OC)cc34)ccc2[nH]1. The zero-order valence-corrected chi connectivity index (χ0v) is 22.4. The number of aromatic amines is 1. The first-order chi connectivity index (χ1) is 19.2. The van der Waals surface area contributed by atoms with Crippen molar-refractivity contribution >= 4 is 21.8 Å². The minimum atomic E-state index is -4.17. The molecule has 8 nitrogen and oxygen atoms in total. The second-order valence-electron chi connectivity index (χ2n) is 9.72. The van der Waals surface area contributed by atoms with Gasteiger partial charge in [0.25, 0.3) is 0 Å². The van der Waals surface area contributed by atoms with Gasteiger partial charge in [0, 0.05) is 55.4 Å². The fraction of sp³-hybridized carbons (Fsp3) is 0.429. The molecule has 3 heterocycles. The number of aromatic nitrogens is 3. The zero-order valence-electron chi connectivity index (χ0n) is 22.4. The molecule has 0 amide bonds. The average Bonchev–Trinajstić information content (AvgIpc) is 3.37. The molecular formula is C28H31F4N5O3. The Balaban J connectivity index is 1.23. The van der Waals surface area contributed by atoms with Crippen LogP contribution in [0.15, 0.2) is 36.7 Å². The van der Waals surface area contributed by atoms with Gasteiger partial charge in [0.05, 0.1) is 31.2 Å². The van der Waals surface area contributed by atoms with Crippen LogP contribution in [0.4, 0.5) is 17.6 Å². The number of benzene rings is 2. The van der Waals surface area contributed by atoms with E-state index in [0.717, 1.165) is 12.1 Å². The predicted octanol–water partition coefficient (Wildman–Crippen LogP) is 5.56. The molecule has 1 aliphatic rings. The van der Waals surface area contributed by atoms with Gasteiger partial charge in [-0.1, -0.05) is 6.92 Å². The lowest BCUT2D eigenvalue weighted by molar-refractivity contribution is -0.149. The number of hydrogen-bond donors (Lipinski definition) is 1. The molecule has 0 saturated carbocycles. The van der Waals surface area contributed by atoms with Crippen LogP contribution in [0.2, 0.25) is 0 Å². The van der Waals surface area contributed by atoms with E-state index in [0.29, 0.717) is 79.1 Å². The lowest BCUT2D eigenvalue weighted by atomic mass is 10.2. The lowest BCUT2D eigenvalue weighted by Gasteiger charge is -2.34. The molecule has 12 heteroatoms. The number of halogens is 4. The molecular weight excluding hydrogens is 530 g/mol. The monoisotopic (exact) mass is 561 g/mol. The van der Waals surface area contributed by atoms with Gasteiger partial charge in [-0.3, -0.25) is 4.90 Å². The summed E-state index contributed by atoms with van der Waals surface area (Å²) >= 11 is 0. The molecule has 2 aromatic carbocycles. The average molecular weight is 562 g/mol. The van der Waals surface area contributed by atoms with E-state index in [-0.39, 0.29) is 11.6 Å². The third-order valence-electron chi connectivity index (χ3n) is 6.97. The van der Waals surface area contributed by atoms with E-state index in [4.69, 9.17) is 14.2 Å². The summed E-state index contributed by atoms with van der Waals surface area (Å²) in [6.45, 7) is 4.20. The van der Waals surface area contributed by atoms with Crippen LogP contribution in [-0.4, -0.2) is 83.9 Å². The highest BCUT2D eigenvalue weighted by Crippen LogP contribution is 2.37. The molecule has 2 aromatic heterocycles. The van der Waals surface area contributed by atoms with E-state index in [1.807, 2.05) is 6.92 Å².